The highest BCUT2D eigenvalue weighted by molar-refractivity contribution is 6.03. The topological polar surface area (TPSA) is 49.0 Å². The molecule has 5 aromatic rings. The third-order valence-corrected chi connectivity index (χ3v) is 6.29. The van der Waals surface area contributed by atoms with E-state index in [2.05, 4.69) is 29.6 Å². The monoisotopic (exact) mass is 455 g/mol. The minimum Gasteiger partial charge on any atom is -0.443 e. The standard InChI is InChI=1S/C28H26FN3O2/c1-17(2)25-14-23-19(4)27-21(13-26(23)31(25)22-10-11-24(29)18(3)12-22)15-30-32(27)28(33)34-16-20-8-6-5-7-9-20/h5-15,17H,16H2,1-4H3. The molecule has 0 saturated carbocycles. The molecule has 5 nitrogen and oxygen atoms in total. The minimum atomic E-state index is -0.515. The number of fused-ring (bicyclic) bond motifs is 2. The average Bonchev–Trinajstić information content (AvgIpc) is 3.43. The number of benzene rings is 3. The van der Waals surface area contributed by atoms with Crippen LogP contribution in [0.4, 0.5) is 9.18 Å². The van der Waals surface area contributed by atoms with Gasteiger partial charge in [0.15, 0.2) is 0 Å². The highest BCUT2D eigenvalue weighted by atomic mass is 19.1. The number of aryl methyl sites for hydroxylation is 2. The fourth-order valence-electron chi connectivity index (χ4n) is 4.51. The van der Waals surface area contributed by atoms with Crippen LogP contribution in [0.1, 0.15) is 42.1 Å². The van der Waals surface area contributed by atoms with Gasteiger partial charge in [-0.2, -0.15) is 9.78 Å². The van der Waals surface area contributed by atoms with Crippen LogP contribution in [0.3, 0.4) is 0 Å². The Labute approximate surface area is 197 Å². The first kappa shape index (κ1) is 21.9. The number of nitrogens with zero attached hydrogens (tertiary/aromatic N) is 3. The van der Waals surface area contributed by atoms with Gasteiger partial charge in [0.1, 0.15) is 12.4 Å². The van der Waals surface area contributed by atoms with Crippen molar-refractivity contribution in [3.8, 4) is 5.69 Å². The van der Waals surface area contributed by atoms with E-state index >= 15 is 0 Å². The predicted molar refractivity (Wildman–Crippen MR) is 132 cm³/mol. The van der Waals surface area contributed by atoms with Crippen LogP contribution in [0.15, 0.2) is 66.9 Å². The summed E-state index contributed by atoms with van der Waals surface area (Å²) in [6.45, 7) is 8.23. The van der Waals surface area contributed by atoms with Crippen LogP contribution < -0.4 is 0 Å². The van der Waals surface area contributed by atoms with E-state index in [1.165, 1.54) is 10.7 Å². The van der Waals surface area contributed by atoms with Gasteiger partial charge in [-0.05, 0) is 66.8 Å². The van der Waals surface area contributed by atoms with E-state index < -0.39 is 6.09 Å². The second kappa shape index (κ2) is 8.45. The normalized spacial score (nSPS) is 11.6. The first-order chi connectivity index (χ1) is 16.3. The molecular formula is C28H26FN3O2. The number of hydrogen-bond donors (Lipinski definition) is 0. The third kappa shape index (κ3) is 3.65. The van der Waals surface area contributed by atoms with E-state index in [9.17, 15) is 9.18 Å². The van der Waals surface area contributed by atoms with Gasteiger partial charge < -0.3 is 9.30 Å². The van der Waals surface area contributed by atoms with Gasteiger partial charge >= 0.3 is 6.09 Å². The van der Waals surface area contributed by atoms with Crippen molar-refractivity contribution < 1.29 is 13.9 Å². The maximum atomic E-state index is 14.0. The molecule has 0 saturated heterocycles. The maximum absolute atomic E-state index is 14.0. The van der Waals surface area contributed by atoms with Crippen molar-refractivity contribution in [1.82, 2.24) is 14.3 Å². The van der Waals surface area contributed by atoms with Gasteiger partial charge in [0.05, 0.1) is 17.2 Å². The molecule has 6 heteroatoms. The number of hydrogen-bond acceptors (Lipinski definition) is 3. The van der Waals surface area contributed by atoms with Gasteiger partial charge in [0.25, 0.3) is 0 Å². The van der Waals surface area contributed by atoms with E-state index in [1.54, 1.807) is 19.2 Å². The van der Waals surface area contributed by atoms with E-state index in [4.69, 9.17) is 4.74 Å². The second-order valence-electron chi connectivity index (χ2n) is 8.96. The molecule has 0 amide bonds. The molecule has 0 atom stereocenters. The molecule has 2 aromatic heterocycles. The summed E-state index contributed by atoms with van der Waals surface area (Å²) in [5, 5.41) is 6.21. The summed E-state index contributed by atoms with van der Waals surface area (Å²) in [4.78, 5) is 12.9. The van der Waals surface area contributed by atoms with E-state index in [0.717, 1.165) is 44.3 Å². The van der Waals surface area contributed by atoms with Crippen molar-refractivity contribution >= 4 is 27.9 Å². The molecule has 0 spiro atoms. The fraction of sp³-hybridized carbons (Fsp3) is 0.214. The van der Waals surface area contributed by atoms with Gasteiger partial charge in [0, 0.05) is 22.2 Å². The summed E-state index contributed by atoms with van der Waals surface area (Å²) in [5.41, 5.74) is 6.21. The van der Waals surface area contributed by atoms with Crippen LogP contribution in [0.25, 0.3) is 27.5 Å². The Morgan fingerprint density at radius 2 is 1.82 bits per heavy atom. The lowest BCUT2D eigenvalue weighted by Crippen LogP contribution is -2.15. The molecule has 0 bridgehead atoms. The molecule has 0 aliphatic carbocycles. The quantitative estimate of drug-likeness (QED) is 0.292. The maximum Gasteiger partial charge on any atom is 0.435 e. The highest BCUT2D eigenvalue weighted by Crippen LogP contribution is 2.35. The lowest BCUT2D eigenvalue weighted by molar-refractivity contribution is 0.139. The fourth-order valence-corrected chi connectivity index (χ4v) is 4.51. The second-order valence-corrected chi connectivity index (χ2v) is 8.96. The number of aromatic nitrogens is 3. The molecule has 0 aliphatic rings. The number of rotatable bonds is 4. The van der Waals surface area contributed by atoms with Crippen LogP contribution in [-0.4, -0.2) is 20.4 Å². The number of carbonyl (C=O) groups is 1. The van der Waals surface area contributed by atoms with Crippen molar-refractivity contribution in [3.05, 3.63) is 95.1 Å². The number of ether oxygens (including phenoxy) is 1. The van der Waals surface area contributed by atoms with Crippen LogP contribution in [0, 0.1) is 19.7 Å². The zero-order chi connectivity index (χ0) is 24.0. The van der Waals surface area contributed by atoms with Gasteiger partial charge in [-0.15, -0.1) is 0 Å². The van der Waals surface area contributed by atoms with Crippen molar-refractivity contribution in [3.63, 3.8) is 0 Å². The Kier molecular flexibility index (Phi) is 5.44. The number of halogens is 1. The van der Waals surface area contributed by atoms with Crippen LogP contribution in [0.5, 0.6) is 0 Å². The van der Waals surface area contributed by atoms with Crippen molar-refractivity contribution in [2.24, 2.45) is 0 Å². The van der Waals surface area contributed by atoms with Crippen molar-refractivity contribution in [2.75, 3.05) is 0 Å². The molecule has 34 heavy (non-hydrogen) atoms. The van der Waals surface area contributed by atoms with E-state index in [1.807, 2.05) is 49.4 Å². The Morgan fingerprint density at radius 3 is 2.53 bits per heavy atom. The Bertz CT molecular complexity index is 1530. The highest BCUT2D eigenvalue weighted by Gasteiger charge is 2.21. The van der Waals surface area contributed by atoms with Crippen LogP contribution >= 0.6 is 0 Å². The van der Waals surface area contributed by atoms with E-state index in [-0.39, 0.29) is 18.3 Å². The molecule has 0 unspecified atom stereocenters. The predicted octanol–water partition coefficient (Wildman–Crippen LogP) is 7.04. The van der Waals surface area contributed by atoms with E-state index in [0.29, 0.717) is 5.56 Å². The molecule has 0 fully saturated rings. The zero-order valence-electron chi connectivity index (χ0n) is 19.7. The van der Waals surface area contributed by atoms with Gasteiger partial charge in [-0.1, -0.05) is 44.2 Å². The lowest BCUT2D eigenvalue weighted by Gasteiger charge is -2.14. The summed E-state index contributed by atoms with van der Waals surface area (Å²) >= 11 is 0. The Balaban J connectivity index is 1.63. The van der Waals surface area contributed by atoms with Crippen molar-refractivity contribution in [2.45, 2.75) is 40.2 Å². The SMILES string of the molecule is Cc1cc(-n2c(C(C)C)cc3c(C)c4c(cnn4C(=O)OCc4ccccc4)cc32)ccc1F. The third-order valence-electron chi connectivity index (χ3n) is 6.29. The molecular weight excluding hydrogens is 429 g/mol. The van der Waals surface area contributed by atoms with Crippen molar-refractivity contribution in [1.29, 1.82) is 0 Å². The van der Waals surface area contributed by atoms with Gasteiger partial charge in [-0.3, -0.25) is 0 Å². The summed E-state index contributed by atoms with van der Waals surface area (Å²) in [5.74, 6) is 0.0211. The summed E-state index contributed by atoms with van der Waals surface area (Å²) < 4.78 is 23.0. The average molecular weight is 456 g/mol. The molecule has 2 heterocycles. The minimum absolute atomic E-state index is 0.181. The molecule has 0 aliphatic heterocycles. The Hall–Kier alpha value is -3.93. The number of carbonyl (C=O) groups excluding carboxylic acids is 1. The smallest absolute Gasteiger partial charge is 0.435 e. The Morgan fingerprint density at radius 1 is 1.06 bits per heavy atom. The first-order valence-electron chi connectivity index (χ1n) is 11.4. The summed E-state index contributed by atoms with van der Waals surface area (Å²) in [6.07, 6.45) is 1.17. The molecule has 0 radical (unpaired) electrons. The molecule has 5 rings (SSSR count). The van der Waals surface area contributed by atoms with Crippen LogP contribution in [-0.2, 0) is 11.3 Å². The zero-order valence-corrected chi connectivity index (χ0v) is 19.7. The molecule has 3 aromatic carbocycles. The summed E-state index contributed by atoms with van der Waals surface area (Å²) in [6, 6.07) is 18.9. The molecule has 0 N–H and O–H groups in total. The summed E-state index contributed by atoms with van der Waals surface area (Å²) in [7, 11) is 0. The largest absolute Gasteiger partial charge is 0.443 e. The van der Waals surface area contributed by atoms with Gasteiger partial charge in [-0.25, -0.2) is 9.18 Å². The lowest BCUT2D eigenvalue weighted by atomic mass is 10.1. The van der Waals surface area contributed by atoms with Crippen LogP contribution in [0.2, 0.25) is 0 Å². The first-order valence-corrected chi connectivity index (χ1v) is 11.4. The van der Waals surface area contributed by atoms with Gasteiger partial charge in [0.2, 0.25) is 0 Å². The molecule has 172 valence electrons.